The number of pyridine rings is 1. The Balaban J connectivity index is 2.18. The van der Waals surface area contributed by atoms with Crippen LogP contribution in [0.2, 0.25) is 0 Å². The number of hydrogen-bond acceptors (Lipinski definition) is 4. The molecule has 3 heterocycles. The van der Waals surface area contributed by atoms with Crippen LogP contribution in [0.3, 0.4) is 0 Å². The van der Waals surface area contributed by atoms with Gasteiger partial charge in [0.15, 0.2) is 5.84 Å². The van der Waals surface area contributed by atoms with E-state index in [1.54, 1.807) is 6.20 Å². The third-order valence-corrected chi connectivity index (χ3v) is 3.93. The maximum absolute atomic E-state index is 8.83. The summed E-state index contributed by atoms with van der Waals surface area (Å²) in [7, 11) is 0. The highest BCUT2D eigenvalue weighted by atomic mass is 32.2. The van der Waals surface area contributed by atoms with Gasteiger partial charge in [0.2, 0.25) is 0 Å². The number of rotatable bonds is 2. The van der Waals surface area contributed by atoms with E-state index >= 15 is 0 Å². The summed E-state index contributed by atoms with van der Waals surface area (Å²) < 4.78 is 2.19. The molecule has 0 saturated carbocycles. The van der Waals surface area contributed by atoms with E-state index in [0.717, 1.165) is 34.1 Å². The van der Waals surface area contributed by atoms with E-state index in [0.29, 0.717) is 0 Å². The molecule has 92 valence electrons. The van der Waals surface area contributed by atoms with Crippen molar-refractivity contribution in [2.75, 3.05) is 0 Å². The average Bonchev–Trinajstić information content (AvgIpc) is 3.00. The van der Waals surface area contributed by atoms with Gasteiger partial charge in [0.05, 0.1) is 11.6 Å². The van der Waals surface area contributed by atoms with Gasteiger partial charge in [-0.3, -0.25) is 4.98 Å². The first-order valence-electron chi connectivity index (χ1n) is 5.49. The number of fused-ring (bicyclic) bond motifs is 1. The third-order valence-electron chi connectivity index (χ3n) is 3.01. The Morgan fingerprint density at radius 2 is 2.44 bits per heavy atom. The van der Waals surface area contributed by atoms with Crippen LogP contribution in [-0.2, 0) is 11.6 Å². The van der Waals surface area contributed by atoms with E-state index in [4.69, 9.17) is 10.9 Å². The van der Waals surface area contributed by atoms with Crippen LogP contribution in [0.5, 0.6) is 0 Å². The van der Waals surface area contributed by atoms with E-state index in [9.17, 15) is 0 Å². The van der Waals surface area contributed by atoms with Gasteiger partial charge in [0.1, 0.15) is 0 Å². The van der Waals surface area contributed by atoms with E-state index in [2.05, 4.69) is 14.7 Å². The molecule has 0 fully saturated rings. The predicted octanol–water partition coefficient (Wildman–Crippen LogP) is 1.85. The number of nitrogens with zero attached hydrogens (tertiary/aromatic N) is 3. The molecule has 3 N–H and O–H groups in total. The lowest BCUT2D eigenvalue weighted by Gasteiger charge is -2.04. The van der Waals surface area contributed by atoms with E-state index in [1.165, 1.54) is 0 Å². The molecule has 0 spiro atoms. The summed E-state index contributed by atoms with van der Waals surface area (Å²) in [4.78, 5) is 4.13. The molecule has 0 aromatic carbocycles. The van der Waals surface area contributed by atoms with Gasteiger partial charge in [-0.1, -0.05) is 5.16 Å². The van der Waals surface area contributed by atoms with Crippen LogP contribution >= 0.6 is 11.8 Å². The van der Waals surface area contributed by atoms with Crippen molar-refractivity contribution in [2.45, 2.75) is 11.6 Å². The molecule has 0 aliphatic carbocycles. The van der Waals surface area contributed by atoms with E-state index in [-0.39, 0.29) is 5.84 Å². The molecule has 0 bridgehead atoms. The van der Waals surface area contributed by atoms with Crippen molar-refractivity contribution < 1.29 is 5.21 Å². The van der Waals surface area contributed by atoms with Gasteiger partial charge >= 0.3 is 0 Å². The first kappa shape index (κ1) is 11.2. The zero-order valence-electron chi connectivity index (χ0n) is 9.58. The molecule has 3 rings (SSSR count). The van der Waals surface area contributed by atoms with Crippen LogP contribution in [0, 0.1) is 0 Å². The highest BCUT2D eigenvalue weighted by molar-refractivity contribution is 7.97. The number of oxime groups is 1. The largest absolute Gasteiger partial charge is 0.409 e. The second kappa shape index (κ2) is 4.38. The van der Waals surface area contributed by atoms with Crippen molar-refractivity contribution in [3.8, 4) is 11.3 Å². The van der Waals surface area contributed by atoms with Crippen molar-refractivity contribution in [3.05, 3.63) is 41.9 Å². The molecule has 6 heteroatoms. The standard InChI is InChI=1S/C12H12N4OS/c13-12(15-17)9-4-10(8-2-1-3-14-5-8)16-7-18-6-11(9)16/h1-5,17H,6-7H2,(H2,13,15). The fourth-order valence-electron chi connectivity index (χ4n) is 2.15. The summed E-state index contributed by atoms with van der Waals surface area (Å²) >= 11 is 1.81. The van der Waals surface area contributed by atoms with E-state index < -0.39 is 0 Å². The number of thioether (sulfide) groups is 1. The van der Waals surface area contributed by atoms with Crippen LogP contribution in [0.4, 0.5) is 0 Å². The normalized spacial score (nSPS) is 14.8. The summed E-state index contributed by atoms with van der Waals surface area (Å²) in [6.45, 7) is 0. The minimum Gasteiger partial charge on any atom is -0.409 e. The number of nitrogens with two attached hydrogens (primary N) is 1. The molecule has 2 aromatic rings. The van der Waals surface area contributed by atoms with Gasteiger partial charge in [-0.05, 0) is 18.2 Å². The van der Waals surface area contributed by atoms with Crippen molar-refractivity contribution in [3.63, 3.8) is 0 Å². The maximum atomic E-state index is 8.83. The molecular weight excluding hydrogens is 248 g/mol. The Hall–Kier alpha value is -1.95. The van der Waals surface area contributed by atoms with Gasteiger partial charge in [0.25, 0.3) is 0 Å². The molecule has 1 aliphatic rings. The molecule has 0 atom stereocenters. The molecular formula is C12H12N4OS. The second-order valence-corrected chi connectivity index (χ2v) is 4.98. The zero-order chi connectivity index (χ0) is 12.5. The Kier molecular flexibility index (Phi) is 2.71. The molecule has 18 heavy (non-hydrogen) atoms. The molecule has 0 radical (unpaired) electrons. The zero-order valence-corrected chi connectivity index (χ0v) is 10.4. The van der Waals surface area contributed by atoms with Gasteiger partial charge in [-0.25, -0.2) is 0 Å². The lowest BCUT2D eigenvalue weighted by molar-refractivity contribution is 0.318. The SMILES string of the molecule is NC(=NO)c1cc(-c2cccnc2)n2c1CSC2. The predicted molar refractivity (Wildman–Crippen MR) is 71.5 cm³/mol. The summed E-state index contributed by atoms with van der Waals surface area (Å²) in [5.74, 6) is 1.93. The second-order valence-electron chi connectivity index (χ2n) is 4.02. The Morgan fingerprint density at radius 3 is 3.17 bits per heavy atom. The summed E-state index contributed by atoms with van der Waals surface area (Å²) in [6.07, 6.45) is 3.57. The number of hydrogen-bond donors (Lipinski definition) is 2. The number of amidine groups is 1. The van der Waals surface area contributed by atoms with Crippen LogP contribution < -0.4 is 5.73 Å². The molecule has 1 aliphatic heterocycles. The van der Waals surface area contributed by atoms with Crippen molar-refractivity contribution >= 4 is 17.6 Å². The van der Waals surface area contributed by atoms with Crippen LogP contribution in [0.1, 0.15) is 11.3 Å². The first-order chi connectivity index (χ1) is 8.81. The smallest absolute Gasteiger partial charge is 0.171 e. The van der Waals surface area contributed by atoms with Gasteiger partial charge in [-0.2, -0.15) is 0 Å². The third kappa shape index (κ3) is 1.65. The molecule has 0 saturated heterocycles. The van der Waals surface area contributed by atoms with Crippen molar-refractivity contribution in [2.24, 2.45) is 10.9 Å². The molecule has 5 nitrogen and oxygen atoms in total. The highest BCUT2D eigenvalue weighted by Gasteiger charge is 2.22. The molecule has 0 unspecified atom stereocenters. The Labute approximate surface area is 108 Å². The van der Waals surface area contributed by atoms with Crippen molar-refractivity contribution in [1.82, 2.24) is 9.55 Å². The van der Waals surface area contributed by atoms with Crippen molar-refractivity contribution in [1.29, 1.82) is 0 Å². The Bertz CT molecular complexity index is 606. The average molecular weight is 260 g/mol. The molecule has 2 aromatic heterocycles. The molecule has 0 amide bonds. The first-order valence-corrected chi connectivity index (χ1v) is 6.65. The highest BCUT2D eigenvalue weighted by Crippen LogP contribution is 2.34. The van der Waals surface area contributed by atoms with Gasteiger partial charge in [-0.15, -0.1) is 11.8 Å². The minimum atomic E-state index is 0.163. The fraction of sp³-hybridized carbons (Fsp3) is 0.167. The van der Waals surface area contributed by atoms with E-state index in [1.807, 2.05) is 36.2 Å². The Morgan fingerprint density at radius 1 is 1.56 bits per heavy atom. The monoisotopic (exact) mass is 260 g/mol. The van der Waals surface area contributed by atoms with Crippen LogP contribution in [-0.4, -0.2) is 20.6 Å². The lowest BCUT2D eigenvalue weighted by atomic mass is 10.2. The summed E-state index contributed by atoms with van der Waals surface area (Å²) in [5.41, 5.74) is 9.73. The topological polar surface area (TPSA) is 76.4 Å². The minimum absolute atomic E-state index is 0.163. The van der Waals surface area contributed by atoms with Gasteiger partial charge < -0.3 is 15.5 Å². The van der Waals surface area contributed by atoms with Crippen LogP contribution in [0.15, 0.2) is 35.7 Å². The fourth-order valence-corrected chi connectivity index (χ4v) is 3.23. The quantitative estimate of drug-likeness (QED) is 0.374. The van der Waals surface area contributed by atoms with Crippen LogP contribution in [0.25, 0.3) is 11.3 Å². The summed E-state index contributed by atoms with van der Waals surface area (Å²) in [5, 5.41) is 11.9. The summed E-state index contributed by atoms with van der Waals surface area (Å²) in [6, 6.07) is 5.87. The number of aromatic nitrogens is 2. The van der Waals surface area contributed by atoms with Gasteiger partial charge in [0, 0.05) is 35.0 Å². The maximum Gasteiger partial charge on any atom is 0.171 e. The lowest BCUT2D eigenvalue weighted by Crippen LogP contribution is -2.14.